The number of amides is 1. The van der Waals surface area contributed by atoms with E-state index in [0.29, 0.717) is 32.7 Å². The number of nitrogens with one attached hydrogen (secondary N) is 1. The Morgan fingerprint density at radius 2 is 1.92 bits per heavy atom. The number of carbonyl (C=O) groups is 1. The number of hydrogen-bond acceptors (Lipinski definition) is 4. The molecule has 2 rings (SSSR count). The quantitative estimate of drug-likeness (QED) is 0.728. The fourth-order valence-electron chi connectivity index (χ4n) is 2.78. The highest BCUT2D eigenvalue weighted by molar-refractivity contribution is 7.89. The molecule has 0 aromatic heterocycles. The van der Waals surface area contributed by atoms with Gasteiger partial charge in [-0.3, -0.25) is 4.79 Å². The minimum absolute atomic E-state index is 0.112. The number of carbonyl (C=O) groups excluding carboxylic acids is 1. The second-order valence-corrected chi connectivity index (χ2v) is 8.41. The predicted molar refractivity (Wildman–Crippen MR) is 97.5 cm³/mol. The van der Waals surface area contributed by atoms with Gasteiger partial charge in [0.2, 0.25) is 10.0 Å². The molecule has 1 N–H and O–H groups in total. The second-order valence-electron chi connectivity index (χ2n) is 6.06. The van der Waals surface area contributed by atoms with Crippen molar-refractivity contribution in [2.45, 2.75) is 37.0 Å². The number of halogens is 1. The topological polar surface area (TPSA) is 75.7 Å². The molecule has 1 aromatic rings. The summed E-state index contributed by atoms with van der Waals surface area (Å²) in [6, 6.07) is 4.30. The molecule has 1 saturated heterocycles. The van der Waals surface area contributed by atoms with Crippen molar-refractivity contribution >= 4 is 27.5 Å². The van der Waals surface area contributed by atoms with Crippen LogP contribution in [0.25, 0.3) is 0 Å². The molecule has 1 aliphatic rings. The summed E-state index contributed by atoms with van der Waals surface area (Å²) in [4.78, 5) is 12.4. The molecule has 0 radical (unpaired) electrons. The average molecular weight is 389 g/mol. The molecule has 1 aromatic carbocycles. The van der Waals surface area contributed by atoms with Gasteiger partial charge in [0.25, 0.3) is 5.91 Å². The highest BCUT2D eigenvalue weighted by Gasteiger charge is 2.26. The molecule has 0 atom stereocenters. The van der Waals surface area contributed by atoms with Gasteiger partial charge in [0.15, 0.2) is 0 Å². The molecule has 1 aliphatic heterocycles. The molecule has 8 heteroatoms. The molecular formula is C17H25ClN2O4S. The molecule has 1 fully saturated rings. The van der Waals surface area contributed by atoms with Crippen LogP contribution in [0, 0.1) is 0 Å². The molecule has 1 heterocycles. The van der Waals surface area contributed by atoms with E-state index in [1.165, 1.54) is 22.5 Å². The standard InChI is InChI=1S/C17H25ClN2O4S/c1-24-12-6-9-19-17(21)15-13-14(7-8-16(15)18)25(22,23)20-10-4-2-3-5-11-20/h7-8,13H,2-6,9-12H2,1H3,(H,19,21). The third-order valence-electron chi connectivity index (χ3n) is 4.20. The van der Waals surface area contributed by atoms with Crippen molar-refractivity contribution in [1.82, 2.24) is 9.62 Å². The van der Waals surface area contributed by atoms with Crippen molar-refractivity contribution in [3.05, 3.63) is 28.8 Å². The fourth-order valence-corrected chi connectivity index (χ4v) is 4.53. The maximum absolute atomic E-state index is 12.9. The molecule has 140 valence electrons. The number of benzene rings is 1. The Balaban J connectivity index is 2.17. The van der Waals surface area contributed by atoms with E-state index in [-0.39, 0.29) is 21.4 Å². The first-order valence-electron chi connectivity index (χ1n) is 8.53. The van der Waals surface area contributed by atoms with E-state index in [1.54, 1.807) is 7.11 Å². The van der Waals surface area contributed by atoms with E-state index >= 15 is 0 Å². The fraction of sp³-hybridized carbons (Fsp3) is 0.588. The van der Waals surface area contributed by atoms with Gasteiger partial charge in [0.1, 0.15) is 0 Å². The van der Waals surface area contributed by atoms with Crippen molar-refractivity contribution in [2.75, 3.05) is 33.4 Å². The van der Waals surface area contributed by atoms with Crippen LogP contribution in [0.5, 0.6) is 0 Å². The largest absolute Gasteiger partial charge is 0.385 e. The lowest BCUT2D eigenvalue weighted by Gasteiger charge is -2.20. The summed E-state index contributed by atoms with van der Waals surface area (Å²) in [7, 11) is -2.02. The zero-order valence-corrected chi connectivity index (χ0v) is 16.0. The van der Waals surface area contributed by atoms with Crippen LogP contribution in [-0.4, -0.2) is 52.0 Å². The summed E-state index contributed by atoms with van der Waals surface area (Å²) in [5, 5.41) is 2.97. The van der Waals surface area contributed by atoms with Crippen LogP contribution in [0.4, 0.5) is 0 Å². The van der Waals surface area contributed by atoms with Gasteiger partial charge in [-0.05, 0) is 37.5 Å². The van der Waals surface area contributed by atoms with E-state index < -0.39 is 10.0 Å². The number of ether oxygens (including phenoxy) is 1. The highest BCUT2D eigenvalue weighted by atomic mass is 35.5. The van der Waals surface area contributed by atoms with Crippen molar-refractivity contribution < 1.29 is 17.9 Å². The third kappa shape index (κ3) is 5.41. The first-order valence-corrected chi connectivity index (χ1v) is 10.4. The first kappa shape index (κ1) is 20.2. The minimum Gasteiger partial charge on any atom is -0.385 e. The molecule has 0 bridgehead atoms. The van der Waals surface area contributed by atoms with Crippen LogP contribution >= 0.6 is 11.6 Å². The lowest BCUT2D eigenvalue weighted by Crippen LogP contribution is -2.32. The van der Waals surface area contributed by atoms with Gasteiger partial charge in [-0.1, -0.05) is 24.4 Å². The van der Waals surface area contributed by atoms with Gasteiger partial charge in [-0.15, -0.1) is 0 Å². The molecule has 0 unspecified atom stereocenters. The van der Waals surface area contributed by atoms with Gasteiger partial charge < -0.3 is 10.1 Å². The Labute approximate surface area is 154 Å². The van der Waals surface area contributed by atoms with Crippen LogP contribution in [-0.2, 0) is 14.8 Å². The normalized spacial score (nSPS) is 16.4. The van der Waals surface area contributed by atoms with Crippen LogP contribution in [0.3, 0.4) is 0 Å². The molecule has 0 aliphatic carbocycles. The van der Waals surface area contributed by atoms with E-state index in [9.17, 15) is 13.2 Å². The predicted octanol–water partition coefficient (Wildman–Crippen LogP) is 2.67. The summed E-state index contributed by atoms with van der Waals surface area (Å²) in [6.45, 7) is 2.01. The minimum atomic E-state index is -3.61. The van der Waals surface area contributed by atoms with Crippen LogP contribution in [0.1, 0.15) is 42.5 Å². The number of nitrogens with zero attached hydrogens (tertiary/aromatic N) is 1. The van der Waals surface area contributed by atoms with Crippen LogP contribution in [0.2, 0.25) is 5.02 Å². The van der Waals surface area contributed by atoms with Crippen LogP contribution < -0.4 is 5.32 Å². The van der Waals surface area contributed by atoms with E-state index in [0.717, 1.165) is 25.7 Å². The Morgan fingerprint density at radius 3 is 2.56 bits per heavy atom. The lowest BCUT2D eigenvalue weighted by atomic mass is 10.2. The second kappa shape index (κ2) is 9.52. The number of hydrogen-bond donors (Lipinski definition) is 1. The maximum Gasteiger partial charge on any atom is 0.252 e. The first-order chi connectivity index (χ1) is 12.0. The van der Waals surface area contributed by atoms with Crippen molar-refractivity contribution in [1.29, 1.82) is 0 Å². The van der Waals surface area contributed by atoms with Gasteiger partial charge in [-0.25, -0.2) is 8.42 Å². The number of rotatable bonds is 7. The Morgan fingerprint density at radius 1 is 1.24 bits per heavy atom. The third-order valence-corrected chi connectivity index (χ3v) is 6.42. The highest BCUT2D eigenvalue weighted by Crippen LogP contribution is 2.25. The monoisotopic (exact) mass is 388 g/mol. The zero-order chi connectivity index (χ0) is 18.3. The average Bonchev–Trinajstić information content (AvgIpc) is 2.88. The summed E-state index contributed by atoms with van der Waals surface area (Å²) in [5.74, 6) is -0.381. The molecule has 0 saturated carbocycles. The van der Waals surface area contributed by atoms with E-state index in [4.69, 9.17) is 16.3 Å². The summed E-state index contributed by atoms with van der Waals surface area (Å²) in [6.07, 6.45) is 4.48. The SMILES string of the molecule is COCCCNC(=O)c1cc(S(=O)(=O)N2CCCCCC2)ccc1Cl. The smallest absolute Gasteiger partial charge is 0.252 e. The molecule has 0 spiro atoms. The van der Waals surface area contributed by atoms with Crippen molar-refractivity contribution in [3.8, 4) is 0 Å². The summed E-state index contributed by atoms with van der Waals surface area (Å²) < 4.78 is 32.2. The van der Waals surface area contributed by atoms with Gasteiger partial charge in [-0.2, -0.15) is 4.31 Å². The molecular weight excluding hydrogens is 364 g/mol. The zero-order valence-electron chi connectivity index (χ0n) is 14.5. The lowest BCUT2D eigenvalue weighted by molar-refractivity contribution is 0.0948. The van der Waals surface area contributed by atoms with Crippen molar-refractivity contribution in [3.63, 3.8) is 0 Å². The molecule has 1 amide bonds. The van der Waals surface area contributed by atoms with Gasteiger partial charge >= 0.3 is 0 Å². The van der Waals surface area contributed by atoms with Crippen molar-refractivity contribution in [2.24, 2.45) is 0 Å². The maximum atomic E-state index is 12.9. The van der Waals surface area contributed by atoms with Crippen LogP contribution in [0.15, 0.2) is 23.1 Å². The molecule has 6 nitrogen and oxygen atoms in total. The van der Waals surface area contributed by atoms with E-state index in [1.807, 2.05) is 0 Å². The molecule has 25 heavy (non-hydrogen) atoms. The van der Waals surface area contributed by atoms with Gasteiger partial charge in [0, 0.05) is 33.4 Å². The summed E-state index contributed by atoms with van der Waals surface area (Å²) in [5.41, 5.74) is 0.176. The summed E-state index contributed by atoms with van der Waals surface area (Å²) >= 11 is 6.10. The van der Waals surface area contributed by atoms with Gasteiger partial charge in [0.05, 0.1) is 15.5 Å². The Kier molecular flexibility index (Phi) is 7.68. The number of methoxy groups -OCH3 is 1. The Hall–Kier alpha value is -1.15. The number of sulfonamides is 1. The Bertz CT molecular complexity index is 686. The van der Waals surface area contributed by atoms with E-state index in [2.05, 4.69) is 5.32 Å².